The van der Waals surface area contributed by atoms with Gasteiger partial charge in [0.05, 0.1) is 10.6 Å². The van der Waals surface area contributed by atoms with Crippen LogP contribution in [0.15, 0.2) is 23.4 Å². The molecule has 0 saturated carbocycles. The molecule has 102 valence electrons. The highest BCUT2D eigenvalue weighted by Crippen LogP contribution is 2.30. The molecule has 0 radical (unpaired) electrons. The lowest BCUT2D eigenvalue weighted by atomic mass is 10.3. The van der Waals surface area contributed by atoms with Gasteiger partial charge in [-0.05, 0) is 12.1 Å². The van der Waals surface area contributed by atoms with Crippen LogP contribution < -0.4 is 5.32 Å². The SMILES string of the molecule is CC(C)NCC(C)Sc1ccc(C(F)(F)F)cn1. The van der Waals surface area contributed by atoms with Gasteiger partial charge < -0.3 is 5.32 Å². The van der Waals surface area contributed by atoms with E-state index in [2.05, 4.69) is 10.3 Å². The van der Waals surface area contributed by atoms with Gasteiger partial charge in [0.2, 0.25) is 0 Å². The predicted molar refractivity (Wildman–Crippen MR) is 67.7 cm³/mol. The first kappa shape index (κ1) is 15.3. The van der Waals surface area contributed by atoms with Crippen molar-refractivity contribution in [3.05, 3.63) is 23.9 Å². The van der Waals surface area contributed by atoms with Gasteiger partial charge in [-0.3, -0.25) is 0 Å². The second-order valence-corrected chi connectivity index (χ2v) is 5.83. The first-order valence-corrected chi connectivity index (χ1v) is 6.60. The Morgan fingerprint density at radius 2 is 1.94 bits per heavy atom. The van der Waals surface area contributed by atoms with Crippen LogP contribution in [0.4, 0.5) is 13.2 Å². The monoisotopic (exact) mass is 278 g/mol. The Morgan fingerprint density at radius 3 is 2.39 bits per heavy atom. The van der Waals surface area contributed by atoms with Gasteiger partial charge in [0, 0.05) is 24.0 Å². The Hall–Kier alpha value is -0.750. The Balaban J connectivity index is 2.53. The van der Waals surface area contributed by atoms with Crippen LogP contribution in [0, 0.1) is 0 Å². The highest BCUT2D eigenvalue weighted by Gasteiger charge is 2.30. The van der Waals surface area contributed by atoms with Gasteiger partial charge in [-0.1, -0.05) is 20.8 Å². The van der Waals surface area contributed by atoms with Crippen LogP contribution in [0.5, 0.6) is 0 Å². The van der Waals surface area contributed by atoms with Crippen molar-refractivity contribution in [1.82, 2.24) is 10.3 Å². The van der Waals surface area contributed by atoms with E-state index >= 15 is 0 Å². The first-order chi connectivity index (χ1) is 8.29. The number of nitrogens with one attached hydrogen (secondary N) is 1. The molecular weight excluding hydrogens is 261 g/mol. The predicted octanol–water partition coefficient (Wildman–Crippen LogP) is 3.58. The second kappa shape index (κ2) is 6.43. The largest absolute Gasteiger partial charge is 0.417 e. The van der Waals surface area contributed by atoms with Crippen LogP contribution in [-0.2, 0) is 6.18 Å². The van der Waals surface area contributed by atoms with Crippen LogP contribution in [0.2, 0.25) is 0 Å². The van der Waals surface area contributed by atoms with Crippen molar-refractivity contribution in [3.8, 4) is 0 Å². The van der Waals surface area contributed by atoms with Crippen molar-refractivity contribution in [1.29, 1.82) is 0 Å². The van der Waals surface area contributed by atoms with E-state index in [1.807, 2.05) is 20.8 Å². The standard InChI is InChI=1S/C12H17F3N2S/c1-8(2)16-6-9(3)18-11-5-4-10(7-17-11)12(13,14)15/h4-5,7-9,16H,6H2,1-3H3. The summed E-state index contributed by atoms with van der Waals surface area (Å²) in [5.41, 5.74) is -0.709. The Morgan fingerprint density at radius 1 is 1.28 bits per heavy atom. The lowest BCUT2D eigenvalue weighted by Gasteiger charge is -2.14. The zero-order valence-corrected chi connectivity index (χ0v) is 11.4. The molecule has 0 bridgehead atoms. The second-order valence-electron chi connectivity index (χ2n) is 4.37. The Kier molecular flexibility index (Phi) is 5.47. The number of nitrogens with zero attached hydrogens (tertiary/aromatic N) is 1. The van der Waals surface area contributed by atoms with Gasteiger partial charge in [-0.15, -0.1) is 11.8 Å². The molecule has 1 unspecified atom stereocenters. The van der Waals surface area contributed by atoms with Crippen LogP contribution in [0.1, 0.15) is 26.3 Å². The summed E-state index contributed by atoms with van der Waals surface area (Å²) in [6.45, 7) is 6.91. The maximum Gasteiger partial charge on any atom is 0.417 e. The molecule has 0 aliphatic heterocycles. The van der Waals surface area contributed by atoms with Gasteiger partial charge in [-0.2, -0.15) is 13.2 Å². The van der Waals surface area contributed by atoms with Gasteiger partial charge in [-0.25, -0.2) is 4.98 Å². The molecule has 0 saturated heterocycles. The number of aromatic nitrogens is 1. The van der Waals surface area contributed by atoms with E-state index in [4.69, 9.17) is 0 Å². The summed E-state index contributed by atoms with van der Waals surface area (Å²) in [5, 5.41) is 4.15. The molecule has 0 spiro atoms. The summed E-state index contributed by atoms with van der Waals surface area (Å²) in [4.78, 5) is 3.83. The van der Waals surface area contributed by atoms with Crippen LogP contribution in [0.3, 0.4) is 0 Å². The summed E-state index contributed by atoms with van der Waals surface area (Å²) in [6.07, 6.45) is -3.44. The average molecular weight is 278 g/mol. The minimum Gasteiger partial charge on any atom is -0.313 e. The quantitative estimate of drug-likeness (QED) is 0.833. The molecule has 1 rings (SSSR count). The highest BCUT2D eigenvalue weighted by molar-refractivity contribution is 7.99. The third kappa shape index (κ3) is 5.27. The summed E-state index contributed by atoms with van der Waals surface area (Å²) in [5.74, 6) is 0. The molecule has 0 fully saturated rings. The summed E-state index contributed by atoms with van der Waals surface area (Å²) in [6, 6.07) is 2.88. The molecule has 1 aromatic rings. The third-order valence-corrected chi connectivity index (χ3v) is 3.25. The first-order valence-electron chi connectivity index (χ1n) is 5.72. The van der Waals surface area contributed by atoms with E-state index in [9.17, 15) is 13.2 Å². The molecule has 1 heterocycles. The number of alkyl halides is 3. The lowest BCUT2D eigenvalue weighted by molar-refractivity contribution is -0.137. The van der Waals surface area contributed by atoms with E-state index in [0.29, 0.717) is 11.1 Å². The molecule has 18 heavy (non-hydrogen) atoms. The van der Waals surface area contributed by atoms with E-state index in [1.165, 1.54) is 17.8 Å². The molecule has 0 aromatic carbocycles. The normalized spacial score (nSPS) is 13.9. The number of pyridine rings is 1. The minimum absolute atomic E-state index is 0.261. The fourth-order valence-corrected chi connectivity index (χ4v) is 2.12. The molecule has 1 N–H and O–H groups in total. The summed E-state index contributed by atoms with van der Waals surface area (Å²) < 4.78 is 37.0. The number of hydrogen-bond donors (Lipinski definition) is 1. The lowest BCUT2D eigenvalue weighted by Crippen LogP contribution is -2.29. The molecule has 2 nitrogen and oxygen atoms in total. The molecule has 6 heteroatoms. The van der Waals surface area contributed by atoms with Gasteiger partial charge in [0.15, 0.2) is 0 Å². The number of thioether (sulfide) groups is 1. The van der Waals surface area contributed by atoms with Gasteiger partial charge >= 0.3 is 6.18 Å². The van der Waals surface area contributed by atoms with Crippen molar-refractivity contribution < 1.29 is 13.2 Å². The smallest absolute Gasteiger partial charge is 0.313 e. The van der Waals surface area contributed by atoms with Crippen LogP contribution in [-0.4, -0.2) is 22.8 Å². The Labute approximate surface area is 109 Å². The molecule has 0 amide bonds. The van der Waals surface area contributed by atoms with E-state index < -0.39 is 11.7 Å². The van der Waals surface area contributed by atoms with Crippen molar-refractivity contribution >= 4 is 11.8 Å². The van der Waals surface area contributed by atoms with Gasteiger partial charge in [0.1, 0.15) is 0 Å². The number of halogens is 3. The average Bonchev–Trinajstić information content (AvgIpc) is 2.26. The zero-order valence-electron chi connectivity index (χ0n) is 10.6. The minimum atomic E-state index is -4.32. The summed E-state index contributed by atoms with van der Waals surface area (Å²) >= 11 is 1.46. The van der Waals surface area contributed by atoms with Crippen LogP contribution in [0.25, 0.3) is 0 Å². The molecule has 1 aromatic heterocycles. The fourth-order valence-electron chi connectivity index (χ4n) is 1.27. The topological polar surface area (TPSA) is 24.9 Å². The third-order valence-electron chi connectivity index (χ3n) is 2.20. The van der Waals surface area contributed by atoms with E-state index in [-0.39, 0.29) is 5.25 Å². The Bertz CT molecular complexity index is 363. The fraction of sp³-hybridized carbons (Fsp3) is 0.583. The van der Waals surface area contributed by atoms with Crippen molar-refractivity contribution in [2.45, 2.75) is 43.3 Å². The van der Waals surface area contributed by atoms with Crippen molar-refractivity contribution in [2.75, 3.05) is 6.54 Å². The van der Waals surface area contributed by atoms with E-state index in [1.54, 1.807) is 0 Å². The van der Waals surface area contributed by atoms with Crippen molar-refractivity contribution in [3.63, 3.8) is 0 Å². The molecular formula is C12H17F3N2S. The summed E-state index contributed by atoms with van der Waals surface area (Å²) in [7, 11) is 0. The maximum absolute atomic E-state index is 12.3. The van der Waals surface area contributed by atoms with E-state index in [0.717, 1.165) is 18.8 Å². The van der Waals surface area contributed by atoms with Gasteiger partial charge in [0.25, 0.3) is 0 Å². The number of hydrogen-bond acceptors (Lipinski definition) is 3. The molecule has 1 atom stereocenters. The van der Waals surface area contributed by atoms with Crippen LogP contribution >= 0.6 is 11.8 Å². The van der Waals surface area contributed by atoms with Crippen molar-refractivity contribution in [2.24, 2.45) is 0 Å². The highest BCUT2D eigenvalue weighted by atomic mass is 32.2. The zero-order chi connectivity index (χ0) is 13.8. The molecule has 0 aliphatic carbocycles. The number of rotatable bonds is 5. The molecule has 0 aliphatic rings. The maximum atomic E-state index is 12.3.